The number of Topliss-reactive ketones (excluding diaryl/α,β-unsaturated/α-hetero) is 1. The number of hydrogen-bond acceptors (Lipinski definition) is 4. The molecular formula is C18H24O4. The quantitative estimate of drug-likeness (QED) is 0.752. The van der Waals surface area contributed by atoms with Gasteiger partial charge in [-0.2, -0.15) is 0 Å². The van der Waals surface area contributed by atoms with Crippen LogP contribution in [0.15, 0.2) is 36.9 Å². The van der Waals surface area contributed by atoms with E-state index in [-0.39, 0.29) is 11.9 Å². The van der Waals surface area contributed by atoms with Gasteiger partial charge in [-0.25, -0.2) is 0 Å². The molecule has 0 saturated carbocycles. The largest absolute Gasteiger partial charge is 0.497 e. The van der Waals surface area contributed by atoms with Crippen LogP contribution in [0.3, 0.4) is 0 Å². The van der Waals surface area contributed by atoms with Crippen molar-refractivity contribution >= 4 is 5.78 Å². The molecule has 120 valence electrons. The first-order chi connectivity index (χ1) is 10.5. The molecule has 2 atom stereocenters. The highest BCUT2D eigenvalue weighted by molar-refractivity contribution is 5.85. The second-order valence-corrected chi connectivity index (χ2v) is 6.03. The summed E-state index contributed by atoms with van der Waals surface area (Å²) in [5.74, 6) is 0.931. The molecule has 4 nitrogen and oxygen atoms in total. The van der Waals surface area contributed by atoms with Crippen LogP contribution in [0.2, 0.25) is 0 Å². The number of rotatable bonds is 6. The van der Waals surface area contributed by atoms with Crippen molar-refractivity contribution in [3.05, 3.63) is 42.5 Å². The van der Waals surface area contributed by atoms with Gasteiger partial charge in [-0.05, 0) is 18.6 Å². The SMILES string of the molecule is C=CCC(=O)C(C)(C)[C@@H]1CCOC(c2ccc(OC)cc2)O1. The van der Waals surface area contributed by atoms with Crippen molar-refractivity contribution in [3.63, 3.8) is 0 Å². The van der Waals surface area contributed by atoms with E-state index in [2.05, 4.69) is 6.58 Å². The molecule has 0 N–H and O–H groups in total. The average molecular weight is 304 g/mol. The summed E-state index contributed by atoms with van der Waals surface area (Å²) in [5, 5.41) is 0. The van der Waals surface area contributed by atoms with Crippen molar-refractivity contribution in [2.24, 2.45) is 5.41 Å². The van der Waals surface area contributed by atoms with Crippen molar-refractivity contribution in [2.45, 2.75) is 39.1 Å². The van der Waals surface area contributed by atoms with Gasteiger partial charge in [0.2, 0.25) is 0 Å². The van der Waals surface area contributed by atoms with E-state index in [1.807, 2.05) is 38.1 Å². The van der Waals surface area contributed by atoms with Gasteiger partial charge in [-0.1, -0.05) is 32.1 Å². The van der Waals surface area contributed by atoms with Crippen molar-refractivity contribution in [3.8, 4) is 5.75 Å². The average Bonchev–Trinajstić information content (AvgIpc) is 2.55. The smallest absolute Gasteiger partial charge is 0.184 e. The Labute approximate surface area is 132 Å². The van der Waals surface area contributed by atoms with Gasteiger partial charge >= 0.3 is 0 Å². The molecule has 2 rings (SSSR count). The van der Waals surface area contributed by atoms with E-state index >= 15 is 0 Å². The Morgan fingerprint density at radius 2 is 2.09 bits per heavy atom. The van der Waals surface area contributed by atoms with Crippen molar-refractivity contribution < 1.29 is 19.0 Å². The summed E-state index contributed by atoms with van der Waals surface area (Å²) < 4.78 is 16.9. The molecule has 1 fully saturated rings. The first-order valence-electron chi connectivity index (χ1n) is 7.54. The lowest BCUT2D eigenvalue weighted by atomic mass is 9.79. The number of carbonyl (C=O) groups is 1. The zero-order chi connectivity index (χ0) is 16.2. The summed E-state index contributed by atoms with van der Waals surface area (Å²) in [6.07, 6.45) is 2.11. The topological polar surface area (TPSA) is 44.8 Å². The van der Waals surface area contributed by atoms with E-state index in [0.29, 0.717) is 19.4 Å². The number of methoxy groups -OCH3 is 1. The van der Waals surface area contributed by atoms with Crippen molar-refractivity contribution in [1.82, 2.24) is 0 Å². The minimum absolute atomic E-state index is 0.142. The highest BCUT2D eigenvalue weighted by Gasteiger charge is 2.40. The van der Waals surface area contributed by atoms with E-state index in [0.717, 1.165) is 11.3 Å². The van der Waals surface area contributed by atoms with E-state index < -0.39 is 11.7 Å². The summed E-state index contributed by atoms with van der Waals surface area (Å²) in [7, 11) is 1.63. The molecule has 0 radical (unpaired) electrons. The monoisotopic (exact) mass is 304 g/mol. The lowest BCUT2D eigenvalue weighted by Gasteiger charge is -2.39. The fourth-order valence-electron chi connectivity index (χ4n) is 2.58. The predicted molar refractivity (Wildman–Crippen MR) is 84.8 cm³/mol. The van der Waals surface area contributed by atoms with Crippen LogP contribution in [-0.4, -0.2) is 25.6 Å². The number of benzene rings is 1. The maximum absolute atomic E-state index is 12.3. The maximum atomic E-state index is 12.3. The highest BCUT2D eigenvalue weighted by Crippen LogP contribution is 2.36. The Morgan fingerprint density at radius 3 is 2.68 bits per heavy atom. The van der Waals surface area contributed by atoms with Crippen LogP contribution in [0.1, 0.15) is 38.5 Å². The zero-order valence-corrected chi connectivity index (χ0v) is 13.5. The predicted octanol–water partition coefficient (Wildman–Crippen LogP) is 3.67. The molecule has 0 amide bonds. The summed E-state index contributed by atoms with van der Waals surface area (Å²) in [6, 6.07) is 7.59. The minimum Gasteiger partial charge on any atom is -0.497 e. The first-order valence-corrected chi connectivity index (χ1v) is 7.54. The Bertz CT molecular complexity index is 518. The van der Waals surface area contributed by atoms with Gasteiger partial charge in [0.15, 0.2) is 6.29 Å². The van der Waals surface area contributed by atoms with Crippen LogP contribution in [0.25, 0.3) is 0 Å². The molecule has 1 aromatic rings. The first kappa shape index (κ1) is 16.7. The number of ketones is 1. The summed E-state index contributed by atoms with van der Waals surface area (Å²) in [4.78, 5) is 12.3. The molecule has 1 saturated heterocycles. The normalized spacial score (nSPS) is 22.1. The van der Waals surface area contributed by atoms with Gasteiger partial charge in [0, 0.05) is 12.0 Å². The third-order valence-electron chi connectivity index (χ3n) is 4.18. The van der Waals surface area contributed by atoms with Crippen LogP contribution >= 0.6 is 0 Å². The van der Waals surface area contributed by atoms with Gasteiger partial charge in [0.25, 0.3) is 0 Å². The standard InChI is InChI=1S/C18H24O4/c1-5-6-15(19)18(2,3)16-11-12-21-17(22-16)13-7-9-14(20-4)10-8-13/h5,7-10,16-17H,1,6,11-12H2,2-4H3/t16-,17?/m0/s1. The second kappa shape index (κ2) is 7.07. The second-order valence-electron chi connectivity index (χ2n) is 6.03. The van der Waals surface area contributed by atoms with Gasteiger partial charge in [-0.15, -0.1) is 6.58 Å². The van der Waals surface area contributed by atoms with Crippen molar-refractivity contribution in [1.29, 1.82) is 0 Å². The minimum atomic E-state index is -0.553. The number of ether oxygens (including phenoxy) is 3. The van der Waals surface area contributed by atoms with E-state index in [1.165, 1.54) is 0 Å². The number of carbonyl (C=O) groups excluding carboxylic acids is 1. The molecule has 0 aliphatic carbocycles. The van der Waals surface area contributed by atoms with Gasteiger partial charge in [0.05, 0.1) is 25.2 Å². The number of allylic oxidation sites excluding steroid dienone is 1. The molecule has 4 heteroatoms. The lowest BCUT2D eigenvalue weighted by molar-refractivity contribution is -0.238. The zero-order valence-electron chi connectivity index (χ0n) is 13.5. The Morgan fingerprint density at radius 1 is 1.41 bits per heavy atom. The fourth-order valence-corrected chi connectivity index (χ4v) is 2.58. The molecule has 22 heavy (non-hydrogen) atoms. The van der Waals surface area contributed by atoms with Crippen LogP contribution in [0.5, 0.6) is 5.75 Å². The summed E-state index contributed by atoms with van der Waals surface area (Å²) in [6.45, 7) is 8.08. The van der Waals surface area contributed by atoms with Crippen molar-refractivity contribution in [2.75, 3.05) is 13.7 Å². The third-order valence-corrected chi connectivity index (χ3v) is 4.18. The van der Waals surface area contributed by atoms with Gasteiger partial charge < -0.3 is 14.2 Å². The molecule has 0 spiro atoms. The highest BCUT2D eigenvalue weighted by atomic mass is 16.7. The van der Waals surface area contributed by atoms with Crippen LogP contribution < -0.4 is 4.74 Å². The summed E-state index contributed by atoms with van der Waals surface area (Å²) in [5.41, 5.74) is 0.375. The summed E-state index contributed by atoms with van der Waals surface area (Å²) >= 11 is 0. The van der Waals surface area contributed by atoms with Gasteiger partial charge in [-0.3, -0.25) is 4.79 Å². The molecule has 1 aliphatic heterocycles. The molecule has 1 aromatic carbocycles. The third kappa shape index (κ3) is 3.57. The number of hydrogen-bond donors (Lipinski definition) is 0. The Hall–Kier alpha value is -1.65. The Balaban J connectivity index is 2.10. The van der Waals surface area contributed by atoms with E-state index in [1.54, 1.807) is 13.2 Å². The molecule has 1 heterocycles. The van der Waals surface area contributed by atoms with Crippen LogP contribution in [0, 0.1) is 5.41 Å². The fraction of sp³-hybridized carbons (Fsp3) is 0.500. The Kier molecular flexibility index (Phi) is 5.37. The molecule has 1 unspecified atom stereocenters. The molecule has 1 aliphatic rings. The van der Waals surface area contributed by atoms with E-state index in [9.17, 15) is 4.79 Å². The van der Waals surface area contributed by atoms with E-state index in [4.69, 9.17) is 14.2 Å². The van der Waals surface area contributed by atoms with Crippen LogP contribution in [0.4, 0.5) is 0 Å². The molecule has 0 aromatic heterocycles. The molecule has 0 bridgehead atoms. The maximum Gasteiger partial charge on any atom is 0.184 e. The molecular weight excluding hydrogens is 280 g/mol. The van der Waals surface area contributed by atoms with Gasteiger partial charge in [0.1, 0.15) is 11.5 Å². The lowest BCUT2D eigenvalue weighted by Crippen LogP contribution is -2.43. The van der Waals surface area contributed by atoms with Crippen LogP contribution in [-0.2, 0) is 14.3 Å².